The fourth-order valence-electron chi connectivity index (χ4n) is 1.93. The maximum Gasteiger partial charge on any atom is 0.123 e. The molecule has 0 heterocycles. The van der Waals surface area contributed by atoms with Crippen molar-refractivity contribution in [2.45, 2.75) is 45.6 Å². The summed E-state index contributed by atoms with van der Waals surface area (Å²) in [5.74, 6) is 0.915. The maximum absolute atomic E-state index is 9.17. The highest BCUT2D eigenvalue weighted by atomic mass is 16.5. The quantitative estimate of drug-likeness (QED) is 0.830. The highest BCUT2D eigenvalue weighted by molar-refractivity contribution is 5.41. The number of nitrogens with one attached hydrogen (secondary N) is 1. The van der Waals surface area contributed by atoms with Gasteiger partial charge in [0, 0.05) is 0 Å². The first kappa shape index (κ1) is 16.0. The highest BCUT2D eigenvalue weighted by Gasteiger charge is 2.20. The van der Waals surface area contributed by atoms with Crippen LogP contribution in [0.2, 0.25) is 0 Å². The number of aliphatic hydroxyl groups is 1. The predicted molar refractivity (Wildman–Crippen MR) is 79.9 cm³/mol. The molecule has 0 spiro atoms. The minimum atomic E-state index is -0.0290. The smallest absolute Gasteiger partial charge is 0.123 e. The second kappa shape index (κ2) is 6.92. The molecular weight excluding hydrogens is 238 g/mol. The van der Waals surface area contributed by atoms with Gasteiger partial charge in [-0.2, -0.15) is 0 Å². The lowest BCUT2D eigenvalue weighted by molar-refractivity contribution is 0.187. The van der Waals surface area contributed by atoms with Crippen molar-refractivity contribution in [1.82, 2.24) is 5.32 Å². The van der Waals surface area contributed by atoms with Crippen LogP contribution in [-0.2, 0) is 11.8 Å². The Bertz CT molecular complexity index is 392. The van der Waals surface area contributed by atoms with Crippen molar-refractivity contribution in [1.29, 1.82) is 0 Å². The van der Waals surface area contributed by atoms with Gasteiger partial charge in [0.15, 0.2) is 0 Å². The van der Waals surface area contributed by atoms with Crippen molar-refractivity contribution in [2.75, 3.05) is 20.3 Å². The SMILES string of the molecule is CCc1ccc(OCC(CO)NC)c(C(C)(C)C)c1. The first-order chi connectivity index (χ1) is 8.92. The number of benzene rings is 1. The zero-order valence-corrected chi connectivity index (χ0v) is 12.8. The van der Waals surface area contributed by atoms with Crippen LogP contribution >= 0.6 is 0 Å². The molecule has 0 amide bonds. The van der Waals surface area contributed by atoms with Gasteiger partial charge in [-0.15, -0.1) is 0 Å². The van der Waals surface area contributed by atoms with Gasteiger partial charge in [0.05, 0.1) is 12.6 Å². The average molecular weight is 265 g/mol. The van der Waals surface area contributed by atoms with E-state index < -0.39 is 0 Å². The number of rotatable bonds is 6. The van der Waals surface area contributed by atoms with Crippen LogP contribution in [0.5, 0.6) is 5.75 Å². The highest BCUT2D eigenvalue weighted by Crippen LogP contribution is 2.32. The van der Waals surface area contributed by atoms with E-state index in [-0.39, 0.29) is 18.1 Å². The molecule has 0 radical (unpaired) electrons. The zero-order chi connectivity index (χ0) is 14.5. The lowest BCUT2D eigenvalue weighted by Crippen LogP contribution is -2.35. The molecule has 108 valence electrons. The Hall–Kier alpha value is -1.06. The molecule has 2 N–H and O–H groups in total. The van der Waals surface area contributed by atoms with E-state index in [1.54, 1.807) is 0 Å². The van der Waals surface area contributed by atoms with E-state index in [9.17, 15) is 5.11 Å². The molecule has 0 saturated carbocycles. The van der Waals surface area contributed by atoms with Gasteiger partial charge in [0.2, 0.25) is 0 Å². The third-order valence-electron chi connectivity index (χ3n) is 3.33. The monoisotopic (exact) mass is 265 g/mol. The first-order valence-corrected chi connectivity index (χ1v) is 6.96. The second-order valence-corrected chi connectivity index (χ2v) is 5.91. The van der Waals surface area contributed by atoms with Crippen molar-refractivity contribution in [2.24, 2.45) is 0 Å². The molecule has 0 saturated heterocycles. The molecule has 0 aliphatic heterocycles. The molecule has 1 unspecified atom stereocenters. The lowest BCUT2D eigenvalue weighted by Gasteiger charge is -2.25. The van der Waals surface area contributed by atoms with Gasteiger partial charge < -0.3 is 15.2 Å². The Labute approximate surface area is 117 Å². The molecule has 1 rings (SSSR count). The Kier molecular flexibility index (Phi) is 5.83. The third kappa shape index (κ3) is 4.51. The van der Waals surface area contributed by atoms with Crippen molar-refractivity contribution < 1.29 is 9.84 Å². The van der Waals surface area contributed by atoms with Crippen molar-refractivity contribution >= 4 is 0 Å². The van der Waals surface area contributed by atoms with Crippen LogP contribution in [0.25, 0.3) is 0 Å². The van der Waals surface area contributed by atoms with Crippen LogP contribution in [0.3, 0.4) is 0 Å². The van der Waals surface area contributed by atoms with Gasteiger partial charge >= 0.3 is 0 Å². The van der Waals surface area contributed by atoms with Crippen LogP contribution in [0.1, 0.15) is 38.8 Å². The standard InChI is InChI=1S/C16H27NO2/c1-6-12-7-8-15(14(9-12)16(2,3)4)19-11-13(10-18)17-5/h7-9,13,17-18H,6,10-11H2,1-5H3. The number of likely N-dealkylation sites (N-methyl/N-ethyl adjacent to an activating group) is 1. The van der Waals surface area contributed by atoms with E-state index in [0.717, 1.165) is 12.2 Å². The molecule has 0 fully saturated rings. The summed E-state index contributed by atoms with van der Waals surface area (Å²) in [6.45, 7) is 9.28. The van der Waals surface area contributed by atoms with E-state index in [1.807, 2.05) is 13.1 Å². The summed E-state index contributed by atoms with van der Waals surface area (Å²) in [4.78, 5) is 0. The molecule has 1 aromatic carbocycles. The Balaban J connectivity index is 2.93. The lowest BCUT2D eigenvalue weighted by atomic mass is 9.85. The fraction of sp³-hybridized carbons (Fsp3) is 0.625. The molecular formula is C16H27NO2. The summed E-state index contributed by atoms with van der Waals surface area (Å²) < 4.78 is 5.88. The topological polar surface area (TPSA) is 41.5 Å². The Morgan fingerprint density at radius 1 is 1.32 bits per heavy atom. The predicted octanol–water partition coefficient (Wildman–Crippen LogP) is 2.51. The van der Waals surface area contributed by atoms with Crippen LogP contribution in [0.4, 0.5) is 0 Å². The van der Waals surface area contributed by atoms with Crippen LogP contribution in [0.15, 0.2) is 18.2 Å². The summed E-state index contributed by atoms with van der Waals surface area (Å²) in [5.41, 5.74) is 2.60. The van der Waals surface area contributed by atoms with E-state index >= 15 is 0 Å². The van der Waals surface area contributed by atoms with Crippen LogP contribution < -0.4 is 10.1 Å². The summed E-state index contributed by atoms with van der Waals surface area (Å²) in [7, 11) is 1.83. The average Bonchev–Trinajstić information content (AvgIpc) is 2.39. The van der Waals surface area contributed by atoms with Gasteiger partial charge in [-0.05, 0) is 36.1 Å². The van der Waals surface area contributed by atoms with Gasteiger partial charge in [0.1, 0.15) is 12.4 Å². The molecule has 0 bridgehead atoms. The Morgan fingerprint density at radius 3 is 2.47 bits per heavy atom. The van der Waals surface area contributed by atoms with E-state index in [1.165, 1.54) is 11.1 Å². The molecule has 0 aliphatic carbocycles. The number of ether oxygens (including phenoxy) is 1. The Morgan fingerprint density at radius 2 is 2.00 bits per heavy atom. The largest absolute Gasteiger partial charge is 0.492 e. The third-order valence-corrected chi connectivity index (χ3v) is 3.33. The van der Waals surface area contributed by atoms with Gasteiger partial charge in [-0.25, -0.2) is 0 Å². The molecule has 1 aromatic rings. The molecule has 0 aromatic heterocycles. The van der Waals surface area contributed by atoms with Crippen LogP contribution in [-0.4, -0.2) is 31.4 Å². The molecule has 19 heavy (non-hydrogen) atoms. The van der Waals surface area contributed by atoms with Gasteiger partial charge in [0.25, 0.3) is 0 Å². The van der Waals surface area contributed by atoms with Crippen molar-refractivity contribution in [3.05, 3.63) is 29.3 Å². The van der Waals surface area contributed by atoms with Crippen molar-refractivity contribution in [3.8, 4) is 5.75 Å². The number of aryl methyl sites for hydroxylation is 1. The molecule has 3 heteroatoms. The minimum Gasteiger partial charge on any atom is -0.492 e. The van der Waals surface area contributed by atoms with E-state index in [0.29, 0.717) is 6.61 Å². The number of hydrogen-bond acceptors (Lipinski definition) is 3. The van der Waals surface area contributed by atoms with Crippen LogP contribution in [0, 0.1) is 0 Å². The molecule has 1 atom stereocenters. The number of hydrogen-bond donors (Lipinski definition) is 2. The van der Waals surface area contributed by atoms with E-state index in [4.69, 9.17) is 4.74 Å². The zero-order valence-electron chi connectivity index (χ0n) is 12.8. The normalized spacial score (nSPS) is 13.4. The number of aliphatic hydroxyl groups excluding tert-OH is 1. The van der Waals surface area contributed by atoms with E-state index in [2.05, 4.69) is 45.1 Å². The molecule has 0 aliphatic rings. The first-order valence-electron chi connectivity index (χ1n) is 6.96. The maximum atomic E-state index is 9.17. The summed E-state index contributed by atoms with van der Waals surface area (Å²) in [6.07, 6.45) is 1.03. The van der Waals surface area contributed by atoms with Crippen molar-refractivity contribution in [3.63, 3.8) is 0 Å². The van der Waals surface area contributed by atoms with Gasteiger partial charge in [-0.1, -0.05) is 39.8 Å². The molecule has 3 nitrogen and oxygen atoms in total. The summed E-state index contributed by atoms with van der Waals surface area (Å²) >= 11 is 0. The summed E-state index contributed by atoms with van der Waals surface area (Å²) in [6, 6.07) is 6.35. The summed E-state index contributed by atoms with van der Waals surface area (Å²) in [5, 5.41) is 12.2. The van der Waals surface area contributed by atoms with Gasteiger partial charge in [-0.3, -0.25) is 0 Å². The second-order valence-electron chi connectivity index (χ2n) is 5.91. The minimum absolute atomic E-state index is 0.0290. The fourth-order valence-corrected chi connectivity index (χ4v) is 1.93.